The Hall–Kier alpha value is -4.42. The average molecular weight is 512 g/mol. The zero-order valence-corrected chi connectivity index (χ0v) is 19.8. The van der Waals surface area contributed by atoms with Gasteiger partial charge in [-0.25, -0.2) is 0 Å². The van der Waals surface area contributed by atoms with Gasteiger partial charge in [0.2, 0.25) is 17.7 Å². The second kappa shape index (κ2) is 12.5. The number of hydrogen-bond donors (Lipinski definition) is 8. The Labute approximate surface area is 211 Å². The summed E-state index contributed by atoms with van der Waals surface area (Å²) in [6.45, 7) is -1.43. The van der Waals surface area contributed by atoms with Crippen molar-refractivity contribution in [2.24, 2.45) is 5.73 Å². The summed E-state index contributed by atoms with van der Waals surface area (Å²) in [6, 6.07) is 9.73. The molecule has 2 aromatic carbocycles. The van der Waals surface area contributed by atoms with Gasteiger partial charge < -0.3 is 42.0 Å². The highest BCUT2D eigenvalue weighted by molar-refractivity contribution is 5.94. The van der Waals surface area contributed by atoms with Crippen LogP contribution in [0, 0.1) is 0 Å². The monoisotopic (exact) mass is 511 g/mol. The van der Waals surface area contributed by atoms with Crippen LogP contribution in [-0.4, -0.2) is 75.3 Å². The maximum absolute atomic E-state index is 12.9. The number of nitrogens with one attached hydrogen (secondary N) is 4. The van der Waals surface area contributed by atoms with E-state index in [1.54, 1.807) is 6.20 Å². The Morgan fingerprint density at radius 3 is 2.24 bits per heavy atom. The molecule has 3 aromatic rings. The number of phenols is 1. The lowest BCUT2D eigenvalue weighted by Gasteiger charge is -2.23. The van der Waals surface area contributed by atoms with E-state index in [1.165, 1.54) is 24.3 Å². The molecular formula is C25H29N5O7. The predicted molar refractivity (Wildman–Crippen MR) is 133 cm³/mol. The number of para-hydroxylation sites is 1. The van der Waals surface area contributed by atoms with Gasteiger partial charge in [0.25, 0.3) is 0 Å². The van der Waals surface area contributed by atoms with Crippen molar-refractivity contribution in [2.45, 2.75) is 31.0 Å². The van der Waals surface area contributed by atoms with Crippen molar-refractivity contribution < 1.29 is 34.5 Å². The molecule has 12 heteroatoms. The van der Waals surface area contributed by atoms with E-state index in [0.29, 0.717) is 5.56 Å². The van der Waals surface area contributed by atoms with E-state index in [4.69, 9.17) is 10.8 Å². The van der Waals surface area contributed by atoms with Crippen LogP contribution >= 0.6 is 0 Å². The minimum Gasteiger partial charge on any atom is -0.508 e. The Bertz CT molecular complexity index is 1260. The number of amides is 3. The molecule has 3 rings (SSSR count). The molecule has 0 aliphatic carbocycles. The molecule has 3 atom stereocenters. The van der Waals surface area contributed by atoms with Crippen LogP contribution in [0.15, 0.2) is 54.7 Å². The van der Waals surface area contributed by atoms with E-state index in [2.05, 4.69) is 20.9 Å². The number of H-pyrrole nitrogens is 1. The molecule has 37 heavy (non-hydrogen) atoms. The summed E-state index contributed by atoms with van der Waals surface area (Å²) < 4.78 is 0. The van der Waals surface area contributed by atoms with Crippen LogP contribution in [0.25, 0.3) is 10.9 Å². The number of rotatable bonds is 12. The first-order chi connectivity index (χ1) is 17.7. The Morgan fingerprint density at radius 2 is 1.57 bits per heavy atom. The number of nitrogens with two attached hydrogens (primary N) is 1. The summed E-state index contributed by atoms with van der Waals surface area (Å²) in [7, 11) is 0. The van der Waals surface area contributed by atoms with E-state index in [-0.39, 0.29) is 18.6 Å². The number of aromatic amines is 1. The summed E-state index contributed by atoms with van der Waals surface area (Å²) in [5.74, 6) is -3.57. The maximum Gasteiger partial charge on any atom is 0.322 e. The van der Waals surface area contributed by atoms with Crippen LogP contribution in [0.2, 0.25) is 0 Å². The summed E-state index contributed by atoms with van der Waals surface area (Å²) in [5.41, 5.74) is 8.32. The van der Waals surface area contributed by atoms with E-state index < -0.39 is 55.0 Å². The van der Waals surface area contributed by atoms with Gasteiger partial charge in [0.1, 0.15) is 24.4 Å². The molecule has 0 spiro atoms. The SMILES string of the molecule is N[C@@H](Cc1c[nH]c2ccccc12)C(=O)N[C@@H](CO)C(=O)N[C@@H](Cc1ccc(O)cc1)C(=O)NCC(=O)O. The van der Waals surface area contributed by atoms with Gasteiger partial charge in [0.05, 0.1) is 12.6 Å². The molecule has 0 unspecified atom stereocenters. The third-order valence-corrected chi connectivity index (χ3v) is 5.69. The van der Waals surface area contributed by atoms with Crippen molar-refractivity contribution in [3.63, 3.8) is 0 Å². The third kappa shape index (κ3) is 7.53. The number of aromatic hydroxyl groups is 1. The quantitative estimate of drug-likeness (QED) is 0.153. The Morgan fingerprint density at radius 1 is 0.892 bits per heavy atom. The van der Waals surface area contributed by atoms with E-state index in [0.717, 1.165) is 16.5 Å². The number of hydrogen-bond acceptors (Lipinski definition) is 7. The molecule has 0 aliphatic heterocycles. The number of aliphatic carboxylic acids is 1. The van der Waals surface area contributed by atoms with Crippen LogP contribution in [0.4, 0.5) is 0 Å². The van der Waals surface area contributed by atoms with Gasteiger partial charge >= 0.3 is 5.97 Å². The lowest BCUT2D eigenvalue weighted by molar-refractivity contribution is -0.138. The fourth-order valence-electron chi connectivity index (χ4n) is 3.74. The van der Waals surface area contributed by atoms with Crippen molar-refractivity contribution in [1.82, 2.24) is 20.9 Å². The highest BCUT2D eigenvalue weighted by atomic mass is 16.4. The molecule has 1 heterocycles. The van der Waals surface area contributed by atoms with E-state index in [1.807, 2.05) is 24.3 Å². The number of carboxylic acids is 1. The van der Waals surface area contributed by atoms with Crippen molar-refractivity contribution >= 4 is 34.6 Å². The molecule has 0 radical (unpaired) electrons. The van der Waals surface area contributed by atoms with Gasteiger partial charge in [-0.05, 0) is 35.7 Å². The number of phenolic OH excluding ortho intramolecular Hbond substituents is 1. The smallest absolute Gasteiger partial charge is 0.322 e. The minimum atomic E-state index is -1.41. The molecule has 3 amide bonds. The van der Waals surface area contributed by atoms with Gasteiger partial charge in [-0.1, -0.05) is 30.3 Å². The predicted octanol–water partition coefficient (Wildman–Crippen LogP) is -0.851. The molecule has 0 aliphatic rings. The lowest BCUT2D eigenvalue weighted by atomic mass is 10.0. The zero-order chi connectivity index (χ0) is 26.9. The number of carbonyl (C=O) groups excluding carboxylic acids is 3. The van der Waals surface area contributed by atoms with Crippen LogP contribution in [0.1, 0.15) is 11.1 Å². The highest BCUT2D eigenvalue weighted by Gasteiger charge is 2.28. The first-order valence-electron chi connectivity index (χ1n) is 11.5. The van der Waals surface area contributed by atoms with Gasteiger partial charge in [-0.15, -0.1) is 0 Å². The normalized spacial score (nSPS) is 13.4. The molecular weight excluding hydrogens is 482 g/mol. The number of aromatic nitrogens is 1. The van der Waals surface area contributed by atoms with Crippen molar-refractivity contribution in [3.8, 4) is 5.75 Å². The van der Waals surface area contributed by atoms with Crippen LogP contribution in [-0.2, 0) is 32.0 Å². The maximum atomic E-state index is 12.9. The van der Waals surface area contributed by atoms with Crippen LogP contribution in [0.5, 0.6) is 5.75 Å². The number of benzene rings is 2. The molecule has 12 nitrogen and oxygen atoms in total. The fourth-order valence-corrected chi connectivity index (χ4v) is 3.74. The number of carbonyl (C=O) groups is 4. The summed E-state index contributed by atoms with van der Waals surface area (Å²) in [4.78, 5) is 52.1. The standard InChI is InChI=1S/C25H29N5O7/c26-18(10-15-11-27-19-4-2-1-3-17(15)19)23(35)30-21(13-31)25(37)29-20(24(36)28-12-22(33)34)9-14-5-7-16(32)8-6-14/h1-8,11,18,20-21,27,31-32H,9-10,12-13,26H2,(H,28,36)(H,29,37)(H,30,35)(H,33,34)/t18-,20-,21-/m0/s1. The van der Waals surface area contributed by atoms with Crippen molar-refractivity contribution in [2.75, 3.05) is 13.2 Å². The average Bonchev–Trinajstić information content (AvgIpc) is 3.29. The van der Waals surface area contributed by atoms with Gasteiger partial charge in [-0.2, -0.15) is 0 Å². The lowest BCUT2D eigenvalue weighted by Crippen LogP contribution is -2.57. The Balaban J connectivity index is 1.65. The van der Waals surface area contributed by atoms with E-state index in [9.17, 15) is 29.4 Å². The molecule has 1 aromatic heterocycles. The highest BCUT2D eigenvalue weighted by Crippen LogP contribution is 2.18. The van der Waals surface area contributed by atoms with Gasteiger partial charge in [0, 0.05) is 23.5 Å². The second-order valence-electron chi connectivity index (χ2n) is 8.46. The largest absolute Gasteiger partial charge is 0.508 e. The van der Waals surface area contributed by atoms with Gasteiger partial charge in [0.15, 0.2) is 0 Å². The Kier molecular flexibility index (Phi) is 9.19. The van der Waals surface area contributed by atoms with Crippen LogP contribution in [0.3, 0.4) is 0 Å². The number of fused-ring (bicyclic) bond motifs is 1. The third-order valence-electron chi connectivity index (χ3n) is 5.69. The molecule has 0 saturated carbocycles. The molecule has 0 saturated heterocycles. The molecule has 0 bridgehead atoms. The number of aliphatic hydroxyl groups is 1. The van der Waals surface area contributed by atoms with Gasteiger partial charge in [-0.3, -0.25) is 19.2 Å². The first kappa shape index (κ1) is 27.2. The molecule has 9 N–H and O–H groups in total. The van der Waals surface area contributed by atoms with Crippen LogP contribution < -0.4 is 21.7 Å². The number of aliphatic hydroxyl groups excluding tert-OH is 1. The van der Waals surface area contributed by atoms with E-state index >= 15 is 0 Å². The second-order valence-corrected chi connectivity index (χ2v) is 8.46. The zero-order valence-electron chi connectivity index (χ0n) is 19.8. The minimum absolute atomic E-state index is 0.00620. The summed E-state index contributed by atoms with van der Waals surface area (Å²) in [6.07, 6.45) is 1.89. The topological polar surface area (TPSA) is 207 Å². The summed E-state index contributed by atoms with van der Waals surface area (Å²) >= 11 is 0. The molecule has 0 fully saturated rings. The van der Waals surface area contributed by atoms with Crippen molar-refractivity contribution in [3.05, 3.63) is 65.9 Å². The number of carboxylic acid groups (broad SMARTS) is 1. The summed E-state index contributed by atoms with van der Waals surface area (Å²) in [5, 5.41) is 36.0. The molecule has 196 valence electrons. The van der Waals surface area contributed by atoms with Crippen molar-refractivity contribution in [1.29, 1.82) is 0 Å². The fraction of sp³-hybridized carbons (Fsp3) is 0.280. The first-order valence-corrected chi connectivity index (χ1v) is 11.5.